The Kier molecular flexibility index (Phi) is 6.66. The van der Waals surface area contributed by atoms with E-state index in [2.05, 4.69) is 5.32 Å². The molecule has 1 heterocycles. The van der Waals surface area contributed by atoms with Crippen LogP contribution in [0.1, 0.15) is 12.0 Å². The van der Waals surface area contributed by atoms with E-state index in [4.69, 9.17) is 20.7 Å². The number of β-lactam (4-membered cyclic amide) rings is 1. The SMILES string of the molecule is NCc1ccc(NC(=O)N2C(=O)C[C@@H]2C(=O)O)cc1.O=C(O)C(F)(F)F. The fourth-order valence-corrected chi connectivity index (χ4v) is 1.78. The monoisotopic (exact) mass is 377 g/mol. The number of benzene rings is 1. The van der Waals surface area contributed by atoms with E-state index in [0.717, 1.165) is 5.56 Å². The number of carboxylic acids is 2. The number of rotatable bonds is 3. The van der Waals surface area contributed by atoms with Crippen LogP contribution < -0.4 is 11.1 Å². The minimum Gasteiger partial charge on any atom is -0.480 e. The molecule has 1 fully saturated rings. The zero-order valence-corrected chi connectivity index (χ0v) is 13.0. The Bertz CT molecular complexity index is 705. The molecular formula is C14H14F3N3O6. The van der Waals surface area contributed by atoms with E-state index in [9.17, 15) is 27.6 Å². The Morgan fingerprint density at radius 2 is 1.69 bits per heavy atom. The lowest BCUT2D eigenvalue weighted by atomic mass is 10.0. The molecule has 1 aliphatic rings. The van der Waals surface area contributed by atoms with E-state index in [-0.39, 0.29) is 6.42 Å². The highest BCUT2D eigenvalue weighted by Crippen LogP contribution is 2.21. The van der Waals surface area contributed by atoms with Crippen molar-refractivity contribution < 1.29 is 42.6 Å². The number of halogens is 3. The van der Waals surface area contributed by atoms with Crippen LogP contribution in [0.4, 0.5) is 23.7 Å². The van der Waals surface area contributed by atoms with Gasteiger partial charge in [-0.25, -0.2) is 19.3 Å². The van der Waals surface area contributed by atoms with Gasteiger partial charge < -0.3 is 21.3 Å². The van der Waals surface area contributed by atoms with Crippen molar-refractivity contribution in [1.82, 2.24) is 4.90 Å². The van der Waals surface area contributed by atoms with Crippen LogP contribution in [0.2, 0.25) is 0 Å². The summed E-state index contributed by atoms with van der Waals surface area (Å²) in [5.74, 6) is -4.44. The number of hydrogen-bond donors (Lipinski definition) is 4. The van der Waals surface area contributed by atoms with E-state index < -0.39 is 36.1 Å². The normalized spacial score (nSPS) is 16.1. The van der Waals surface area contributed by atoms with E-state index >= 15 is 0 Å². The Morgan fingerprint density at radius 1 is 1.19 bits per heavy atom. The van der Waals surface area contributed by atoms with Gasteiger partial charge in [-0.05, 0) is 17.7 Å². The van der Waals surface area contributed by atoms with Gasteiger partial charge >= 0.3 is 24.1 Å². The van der Waals surface area contributed by atoms with Crippen molar-refractivity contribution >= 4 is 29.6 Å². The minimum absolute atomic E-state index is 0.144. The summed E-state index contributed by atoms with van der Waals surface area (Å²) in [6.45, 7) is 0.389. The summed E-state index contributed by atoms with van der Waals surface area (Å²) in [7, 11) is 0. The molecule has 12 heteroatoms. The topological polar surface area (TPSA) is 150 Å². The van der Waals surface area contributed by atoms with E-state index in [0.29, 0.717) is 17.1 Å². The van der Waals surface area contributed by atoms with E-state index in [1.54, 1.807) is 24.3 Å². The summed E-state index contributed by atoms with van der Waals surface area (Å²) in [6, 6.07) is 4.95. The summed E-state index contributed by atoms with van der Waals surface area (Å²) in [6.07, 6.45) is -5.23. The van der Waals surface area contributed by atoms with Gasteiger partial charge in [-0.3, -0.25) is 4.79 Å². The van der Waals surface area contributed by atoms with Gasteiger partial charge in [0.1, 0.15) is 6.04 Å². The number of carbonyl (C=O) groups is 4. The van der Waals surface area contributed by atoms with Crippen LogP contribution in [0.15, 0.2) is 24.3 Å². The molecule has 3 amide bonds. The van der Waals surface area contributed by atoms with Crippen LogP contribution in [-0.4, -0.2) is 51.2 Å². The Hall–Kier alpha value is -3.15. The first kappa shape index (κ1) is 20.9. The van der Waals surface area contributed by atoms with Gasteiger partial charge in [0, 0.05) is 12.2 Å². The van der Waals surface area contributed by atoms with Crippen molar-refractivity contribution in [3.05, 3.63) is 29.8 Å². The van der Waals surface area contributed by atoms with Crippen LogP contribution >= 0.6 is 0 Å². The number of hydrogen-bond acceptors (Lipinski definition) is 5. The second-order valence-electron chi connectivity index (χ2n) is 4.96. The second-order valence-corrected chi connectivity index (χ2v) is 4.96. The molecule has 2 rings (SSSR count). The summed E-state index contributed by atoms with van der Waals surface area (Å²) in [5, 5.41) is 18.4. The van der Waals surface area contributed by atoms with Crippen molar-refractivity contribution in [2.45, 2.75) is 25.2 Å². The van der Waals surface area contributed by atoms with Gasteiger partial charge in [-0.2, -0.15) is 13.2 Å². The van der Waals surface area contributed by atoms with Crippen LogP contribution in [0, 0.1) is 0 Å². The lowest BCUT2D eigenvalue weighted by Gasteiger charge is -2.35. The molecule has 9 nitrogen and oxygen atoms in total. The Balaban J connectivity index is 0.000000412. The molecule has 0 unspecified atom stereocenters. The standard InChI is InChI=1S/C12H13N3O4.C2HF3O2/c13-6-7-1-3-8(4-2-7)14-12(19)15-9(11(17)18)5-10(15)16;3-2(4,5)1(6)7/h1-4,9H,5-6,13H2,(H,14,19)(H,17,18);(H,6,7)/t9-;/m1./s1. The van der Waals surface area contributed by atoms with E-state index in [1.807, 2.05) is 0 Å². The highest BCUT2D eigenvalue weighted by molar-refractivity contribution is 6.09. The lowest BCUT2D eigenvalue weighted by molar-refractivity contribution is -0.192. The number of urea groups is 1. The summed E-state index contributed by atoms with van der Waals surface area (Å²) in [5.41, 5.74) is 6.83. The van der Waals surface area contributed by atoms with Crippen molar-refractivity contribution in [2.24, 2.45) is 5.73 Å². The summed E-state index contributed by atoms with van der Waals surface area (Å²) < 4.78 is 31.7. The number of nitrogens with two attached hydrogens (primary N) is 1. The van der Waals surface area contributed by atoms with Crippen LogP contribution in [-0.2, 0) is 20.9 Å². The van der Waals surface area contributed by atoms with Gasteiger partial charge in [0.05, 0.1) is 6.42 Å². The number of alkyl halides is 3. The molecule has 0 aromatic heterocycles. The molecule has 0 saturated carbocycles. The number of nitrogens with one attached hydrogen (secondary N) is 1. The fourth-order valence-electron chi connectivity index (χ4n) is 1.78. The van der Waals surface area contributed by atoms with Crippen LogP contribution in [0.25, 0.3) is 0 Å². The maximum Gasteiger partial charge on any atom is 0.490 e. The molecule has 1 aromatic carbocycles. The predicted molar refractivity (Wildman–Crippen MR) is 79.9 cm³/mol. The number of imide groups is 1. The van der Waals surface area contributed by atoms with Crippen LogP contribution in [0.5, 0.6) is 0 Å². The fraction of sp³-hybridized carbons (Fsp3) is 0.286. The largest absolute Gasteiger partial charge is 0.490 e. The average molecular weight is 377 g/mol. The molecule has 26 heavy (non-hydrogen) atoms. The number of aliphatic carboxylic acids is 2. The number of carbonyl (C=O) groups excluding carboxylic acids is 2. The third-order valence-electron chi connectivity index (χ3n) is 3.14. The zero-order valence-electron chi connectivity index (χ0n) is 13.0. The quantitative estimate of drug-likeness (QED) is 0.574. The van der Waals surface area contributed by atoms with Gasteiger partial charge in [0.2, 0.25) is 5.91 Å². The smallest absolute Gasteiger partial charge is 0.480 e. The van der Waals surface area contributed by atoms with Crippen LogP contribution in [0.3, 0.4) is 0 Å². The number of nitrogens with zero attached hydrogens (tertiary/aromatic N) is 1. The molecule has 142 valence electrons. The minimum atomic E-state index is -5.08. The summed E-state index contributed by atoms with van der Waals surface area (Å²) in [4.78, 5) is 43.4. The van der Waals surface area contributed by atoms with Gasteiger partial charge in [-0.1, -0.05) is 12.1 Å². The molecule has 1 atom stereocenters. The highest BCUT2D eigenvalue weighted by atomic mass is 19.4. The van der Waals surface area contributed by atoms with E-state index in [1.165, 1.54) is 0 Å². The molecular weight excluding hydrogens is 363 g/mol. The number of carboxylic acid groups (broad SMARTS) is 2. The molecule has 0 aliphatic carbocycles. The average Bonchev–Trinajstić information content (AvgIpc) is 2.52. The molecule has 1 aliphatic heterocycles. The van der Waals surface area contributed by atoms with Gasteiger partial charge in [-0.15, -0.1) is 0 Å². The molecule has 1 saturated heterocycles. The predicted octanol–water partition coefficient (Wildman–Crippen LogP) is 0.996. The molecule has 0 bridgehead atoms. The zero-order chi connectivity index (χ0) is 20.1. The number of amides is 3. The molecule has 1 aromatic rings. The lowest BCUT2D eigenvalue weighted by Crippen LogP contribution is -2.60. The van der Waals surface area contributed by atoms with Crippen molar-refractivity contribution in [1.29, 1.82) is 0 Å². The van der Waals surface area contributed by atoms with Crippen molar-refractivity contribution in [3.8, 4) is 0 Å². The second kappa shape index (κ2) is 8.29. The Labute approximate surface area is 144 Å². The maximum absolute atomic E-state index is 11.8. The first-order chi connectivity index (χ1) is 12.0. The van der Waals surface area contributed by atoms with Gasteiger partial charge in [0.25, 0.3) is 0 Å². The molecule has 0 spiro atoms. The molecule has 5 N–H and O–H groups in total. The first-order valence-corrected chi connectivity index (χ1v) is 6.92. The highest BCUT2D eigenvalue weighted by Gasteiger charge is 2.45. The number of anilines is 1. The first-order valence-electron chi connectivity index (χ1n) is 6.92. The van der Waals surface area contributed by atoms with Crippen molar-refractivity contribution in [3.63, 3.8) is 0 Å². The third kappa shape index (κ3) is 5.44. The number of likely N-dealkylation sites (tertiary alicyclic amines) is 1. The molecule has 0 radical (unpaired) electrons. The maximum atomic E-state index is 11.8. The van der Waals surface area contributed by atoms with Crippen molar-refractivity contribution in [2.75, 3.05) is 5.32 Å². The Morgan fingerprint density at radius 3 is 2.04 bits per heavy atom. The third-order valence-corrected chi connectivity index (χ3v) is 3.14. The summed E-state index contributed by atoms with van der Waals surface area (Å²) >= 11 is 0. The van der Waals surface area contributed by atoms with Gasteiger partial charge in [0.15, 0.2) is 0 Å².